The van der Waals surface area contributed by atoms with Gasteiger partial charge in [-0.3, -0.25) is 4.79 Å². The number of nitrogen functional groups attached to an aromatic ring is 1. The largest absolute Gasteiger partial charge is 0.507 e. The summed E-state index contributed by atoms with van der Waals surface area (Å²) in [6, 6.07) is 12.9. The minimum atomic E-state index is -0.644. The number of fused-ring (bicyclic) bond motifs is 2. The number of nitrogens with zero attached hydrogens (tertiary/aromatic N) is 2. The first-order valence-corrected chi connectivity index (χ1v) is 7.21. The van der Waals surface area contributed by atoms with E-state index in [1.54, 1.807) is 6.07 Å². The van der Waals surface area contributed by atoms with Crippen molar-refractivity contribution in [1.82, 2.24) is 0 Å². The van der Waals surface area contributed by atoms with Crippen LogP contribution in [0.4, 0.5) is 10.5 Å². The van der Waals surface area contributed by atoms with Gasteiger partial charge in [0.15, 0.2) is 5.78 Å². The third-order valence-corrected chi connectivity index (χ3v) is 3.97. The number of rotatable bonds is 2. The molecule has 6 heteroatoms. The first-order valence-electron chi connectivity index (χ1n) is 7.21. The van der Waals surface area contributed by atoms with Crippen LogP contribution in [0.5, 0.6) is 5.75 Å². The van der Waals surface area contributed by atoms with Crippen molar-refractivity contribution in [3.8, 4) is 5.75 Å². The van der Waals surface area contributed by atoms with E-state index in [4.69, 9.17) is 5.73 Å². The van der Waals surface area contributed by atoms with Crippen LogP contribution in [0.1, 0.15) is 15.9 Å². The van der Waals surface area contributed by atoms with Gasteiger partial charge in [0.05, 0.1) is 16.6 Å². The second-order valence-corrected chi connectivity index (χ2v) is 5.45. The summed E-state index contributed by atoms with van der Waals surface area (Å²) in [4.78, 5) is 31.5. The zero-order valence-corrected chi connectivity index (χ0v) is 12.4. The standard InChI is InChI=1S/C18H11N3O3/c19-15-11(5-6-13-16(15)21-18(24)20-13)17(23)12-7-9-3-1-2-4-10(9)8-14(12)22/h1-8,22H,19H2. The highest BCUT2D eigenvalue weighted by atomic mass is 16.3. The molecule has 0 saturated heterocycles. The lowest BCUT2D eigenvalue weighted by Gasteiger charge is -2.08. The zero-order chi connectivity index (χ0) is 16.8. The summed E-state index contributed by atoms with van der Waals surface area (Å²) >= 11 is 0. The maximum atomic E-state index is 12.8. The van der Waals surface area contributed by atoms with Crippen molar-refractivity contribution in [2.24, 2.45) is 9.98 Å². The molecule has 0 aliphatic carbocycles. The number of phenolic OH excluding ortho intramolecular Hbond substituents is 1. The molecule has 1 heterocycles. The first-order chi connectivity index (χ1) is 11.5. The molecule has 0 radical (unpaired) electrons. The predicted molar refractivity (Wildman–Crippen MR) is 87.6 cm³/mol. The van der Waals surface area contributed by atoms with Gasteiger partial charge in [-0.15, -0.1) is 0 Å². The molecule has 0 aromatic heterocycles. The third-order valence-electron chi connectivity index (χ3n) is 3.97. The first kappa shape index (κ1) is 14.1. The molecule has 0 fully saturated rings. The van der Waals surface area contributed by atoms with E-state index in [0.717, 1.165) is 10.8 Å². The highest BCUT2D eigenvalue weighted by Crippen LogP contribution is 2.27. The summed E-state index contributed by atoms with van der Waals surface area (Å²) in [5.74, 6) is -0.565. The highest BCUT2D eigenvalue weighted by Gasteiger charge is 2.20. The normalized spacial score (nSPS) is 12.6. The fraction of sp³-hybridized carbons (Fsp3) is 0. The van der Waals surface area contributed by atoms with Crippen molar-refractivity contribution >= 4 is 28.3 Å². The molecule has 3 aromatic rings. The summed E-state index contributed by atoms with van der Waals surface area (Å²) in [7, 11) is 0. The van der Waals surface area contributed by atoms with Crippen molar-refractivity contribution in [2.45, 2.75) is 0 Å². The van der Waals surface area contributed by atoms with Gasteiger partial charge < -0.3 is 10.8 Å². The van der Waals surface area contributed by atoms with Crippen molar-refractivity contribution in [1.29, 1.82) is 0 Å². The molecule has 116 valence electrons. The Kier molecular flexibility index (Phi) is 2.93. The van der Waals surface area contributed by atoms with Crippen LogP contribution in [0.3, 0.4) is 0 Å². The molecule has 24 heavy (non-hydrogen) atoms. The van der Waals surface area contributed by atoms with Gasteiger partial charge in [0.25, 0.3) is 0 Å². The summed E-state index contributed by atoms with van der Waals surface area (Å²) in [5, 5.41) is 12.4. The van der Waals surface area contributed by atoms with Crippen molar-refractivity contribution in [2.75, 3.05) is 5.73 Å². The fourth-order valence-electron chi connectivity index (χ4n) is 2.78. The number of phenols is 1. The van der Waals surface area contributed by atoms with Crippen molar-refractivity contribution in [3.63, 3.8) is 0 Å². The lowest BCUT2D eigenvalue weighted by atomic mass is 9.97. The van der Waals surface area contributed by atoms with Gasteiger partial charge in [-0.05, 0) is 35.0 Å². The zero-order valence-electron chi connectivity index (χ0n) is 12.4. The predicted octanol–water partition coefficient (Wildman–Crippen LogP) is 1.73. The lowest BCUT2D eigenvalue weighted by Crippen LogP contribution is -2.27. The molecule has 2 amide bonds. The number of amides is 2. The number of benzene rings is 3. The van der Waals surface area contributed by atoms with E-state index >= 15 is 0 Å². The van der Waals surface area contributed by atoms with E-state index in [2.05, 4.69) is 9.98 Å². The van der Waals surface area contributed by atoms with Crippen molar-refractivity contribution < 1.29 is 14.7 Å². The highest BCUT2D eigenvalue weighted by molar-refractivity contribution is 6.15. The Morgan fingerprint density at radius 1 is 0.958 bits per heavy atom. The van der Waals surface area contributed by atoms with Crippen molar-refractivity contribution in [3.05, 3.63) is 70.4 Å². The SMILES string of the molecule is Nc1c(C(=O)c2cc3ccccc3cc2O)ccc2c1=NC(=O)N=2. The molecule has 1 aliphatic heterocycles. The van der Waals surface area contributed by atoms with Gasteiger partial charge in [-0.1, -0.05) is 24.3 Å². The topological polar surface area (TPSA) is 105 Å². The average molecular weight is 317 g/mol. The van der Waals surface area contributed by atoms with Crippen LogP contribution in [-0.2, 0) is 0 Å². The molecule has 3 aromatic carbocycles. The Hall–Kier alpha value is -3.54. The molecular formula is C18H11N3O3. The maximum absolute atomic E-state index is 12.8. The number of ketones is 1. The number of hydrogen-bond donors (Lipinski definition) is 2. The van der Waals surface area contributed by atoms with E-state index in [-0.39, 0.29) is 27.9 Å². The Balaban J connectivity index is 1.91. The molecule has 0 atom stereocenters. The number of anilines is 1. The Bertz CT molecular complexity index is 1170. The molecule has 1 aliphatic rings. The van der Waals surface area contributed by atoms with Crippen LogP contribution >= 0.6 is 0 Å². The molecule has 3 N–H and O–H groups in total. The van der Waals surface area contributed by atoms with Gasteiger partial charge in [0.2, 0.25) is 0 Å². The van der Waals surface area contributed by atoms with Crippen LogP contribution in [0, 0.1) is 0 Å². The molecule has 0 spiro atoms. The van der Waals surface area contributed by atoms with E-state index in [9.17, 15) is 14.7 Å². The Morgan fingerprint density at radius 2 is 1.67 bits per heavy atom. The lowest BCUT2D eigenvalue weighted by molar-refractivity contribution is 0.103. The van der Waals surface area contributed by atoms with Crippen LogP contribution in [0.15, 0.2) is 58.5 Å². The summed E-state index contributed by atoms with van der Waals surface area (Å²) < 4.78 is 0. The Labute approximate surface area is 135 Å². The summed E-state index contributed by atoms with van der Waals surface area (Å²) in [5.41, 5.74) is 6.39. The third kappa shape index (κ3) is 2.04. The summed E-state index contributed by atoms with van der Waals surface area (Å²) in [6.45, 7) is 0. The van der Waals surface area contributed by atoms with E-state index in [0.29, 0.717) is 5.36 Å². The monoisotopic (exact) mass is 317 g/mol. The average Bonchev–Trinajstić information content (AvgIpc) is 2.95. The quantitative estimate of drug-likeness (QED) is 0.554. The molecule has 0 unspecified atom stereocenters. The van der Waals surface area contributed by atoms with Gasteiger partial charge in [-0.25, -0.2) is 4.79 Å². The van der Waals surface area contributed by atoms with E-state index < -0.39 is 11.8 Å². The number of nitrogens with two attached hydrogens (primary N) is 1. The maximum Gasteiger partial charge on any atom is 0.368 e. The number of aromatic hydroxyl groups is 1. The Morgan fingerprint density at radius 3 is 2.42 bits per heavy atom. The second kappa shape index (κ2) is 4.99. The molecular weight excluding hydrogens is 306 g/mol. The second-order valence-electron chi connectivity index (χ2n) is 5.45. The number of urea groups is 1. The number of carbonyl (C=O) groups is 2. The van der Waals surface area contributed by atoms with Gasteiger partial charge in [0.1, 0.15) is 11.1 Å². The van der Waals surface area contributed by atoms with Crippen LogP contribution in [0.25, 0.3) is 10.8 Å². The van der Waals surface area contributed by atoms with E-state index in [1.807, 2.05) is 24.3 Å². The van der Waals surface area contributed by atoms with E-state index in [1.165, 1.54) is 18.2 Å². The van der Waals surface area contributed by atoms with Crippen LogP contribution < -0.4 is 16.4 Å². The molecule has 0 saturated carbocycles. The molecule has 0 bridgehead atoms. The smallest absolute Gasteiger partial charge is 0.368 e. The summed E-state index contributed by atoms with van der Waals surface area (Å²) in [6.07, 6.45) is 0. The fourth-order valence-corrected chi connectivity index (χ4v) is 2.78. The molecule has 4 rings (SSSR count). The number of hydrogen-bond acceptors (Lipinski definition) is 4. The molecule has 6 nitrogen and oxygen atoms in total. The minimum Gasteiger partial charge on any atom is -0.507 e. The van der Waals surface area contributed by atoms with Crippen LogP contribution in [0.2, 0.25) is 0 Å². The minimum absolute atomic E-state index is 0.0830. The van der Waals surface area contributed by atoms with Crippen LogP contribution in [-0.4, -0.2) is 16.9 Å². The van der Waals surface area contributed by atoms with Gasteiger partial charge in [0, 0.05) is 5.56 Å². The van der Waals surface area contributed by atoms with Gasteiger partial charge in [-0.2, -0.15) is 9.98 Å². The number of carbonyl (C=O) groups excluding carboxylic acids is 2. The van der Waals surface area contributed by atoms with Gasteiger partial charge >= 0.3 is 6.03 Å².